The molecule has 0 aliphatic rings. The van der Waals surface area contributed by atoms with Crippen LogP contribution >= 0.6 is 11.8 Å². The van der Waals surface area contributed by atoms with Crippen LogP contribution in [-0.4, -0.2) is 95.7 Å². The SMILES string of the molecule is COC(=O)C(C)(C)CSCCOC(=O)Nc1cc(CC(C)=O)cc(CC(C)=O)c1.COCCCCCCOC(=O)OCCCCCCOC. The van der Waals surface area contributed by atoms with Gasteiger partial charge in [-0.05, 0) is 89.5 Å². The minimum atomic E-state index is -0.619. The van der Waals surface area contributed by atoms with Crippen LogP contribution in [0, 0.1) is 5.41 Å². The van der Waals surface area contributed by atoms with Gasteiger partial charge in [0.1, 0.15) is 18.2 Å². The van der Waals surface area contributed by atoms with Crippen molar-refractivity contribution in [2.75, 3.05) is 71.2 Å². The lowest BCUT2D eigenvalue weighted by Gasteiger charge is -2.20. The molecule has 13 heteroatoms. The van der Waals surface area contributed by atoms with E-state index in [4.69, 9.17) is 28.4 Å². The third kappa shape index (κ3) is 26.4. The van der Waals surface area contributed by atoms with Crippen LogP contribution in [0.1, 0.15) is 90.2 Å². The van der Waals surface area contributed by atoms with Gasteiger partial charge < -0.3 is 28.4 Å². The molecule has 1 amide bonds. The highest BCUT2D eigenvalue weighted by atomic mass is 32.2. The molecule has 0 aliphatic heterocycles. The summed E-state index contributed by atoms with van der Waals surface area (Å²) in [5, 5.41) is 2.64. The number of ketones is 2. The number of carbonyl (C=O) groups is 5. The Morgan fingerprint density at radius 3 is 1.55 bits per heavy atom. The number of unbranched alkanes of at least 4 members (excludes halogenated alkanes) is 6. The predicted octanol–water partition coefficient (Wildman–Crippen LogP) is 6.98. The highest BCUT2D eigenvalue weighted by Gasteiger charge is 2.28. The van der Waals surface area contributed by atoms with Crippen molar-refractivity contribution >= 4 is 47.2 Å². The molecule has 0 heterocycles. The topological polar surface area (TPSA) is 153 Å². The Balaban J connectivity index is 0.00000101. The number of thioether (sulfide) groups is 1. The second-order valence-corrected chi connectivity index (χ2v) is 13.4. The number of esters is 1. The molecule has 1 rings (SSSR count). The van der Waals surface area contributed by atoms with Gasteiger partial charge in [0.05, 0.1) is 25.7 Å². The van der Waals surface area contributed by atoms with E-state index in [2.05, 4.69) is 5.32 Å². The average molecular weight is 714 g/mol. The number of anilines is 1. The molecule has 1 N–H and O–H groups in total. The van der Waals surface area contributed by atoms with Crippen LogP contribution in [0.4, 0.5) is 15.3 Å². The molecule has 0 bridgehead atoms. The summed E-state index contributed by atoms with van der Waals surface area (Å²) < 4.78 is 29.8. The van der Waals surface area contributed by atoms with Crippen molar-refractivity contribution in [3.8, 4) is 0 Å². The molecule has 0 atom stereocenters. The number of Topliss-reactive ketones (excluding diaryl/α,β-unsaturated/α-hetero) is 2. The minimum Gasteiger partial charge on any atom is -0.469 e. The van der Waals surface area contributed by atoms with Crippen LogP contribution in [0.3, 0.4) is 0 Å². The van der Waals surface area contributed by atoms with Crippen LogP contribution in [0.2, 0.25) is 0 Å². The summed E-state index contributed by atoms with van der Waals surface area (Å²) >= 11 is 1.49. The lowest BCUT2D eigenvalue weighted by Crippen LogP contribution is -2.28. The molecule has 12 nitrogen and oxygen atoms in total. The van der Waals surface area contributed by atoms with Gasteiger partial charge in [-0.15, -0.1) is 0 Å². The zero-order valence-corrected chi connectivity index (χ0v) is 31.5. The molecule has 0 aliphatic carbocycles. The van der Waals surface area contributed by atoms with Crippen molar-refractivity contribution in [1.82, 2.24) is 0 Å². The Kier molecular flexibility index (Phi) is 26.8. The third-order valence-corrected chi connectivity index (χ3v) is 8.17. The molecule has 0 fully saturated rings. The Morgan fingerprint density at radius 2 is 1.12 bits per heavy atom. The fourth-order valence-electron chi connectivity index (χ4n) is 4.38. The number of ether oxygens (including phenoxy) is 6. The monoisotopic (exact) mass is 713 g/mol. The smallest absolute Gasteiger partial charge is 0.469 e. The van der Waals surface area contributed by atoms with Gasteiger partial charge in [0.25, 0.3) is 0 Å². The maximum absolute atomic E-state index is 12.0. The van der Waals surface area contributed by atoms with E-state index in [1.165, 1.54) is 32.7 Å². The van der Waals surface area contributed by atoms with Crippen molar-refractivity contribution in [3.05, 3.63) is 29.3 Å². The molecule has 0 saturated carbocycles. The van der Waals surface area contributed by atoms with E-state index in [1.54, 1.807) is 46.3 Å². The summed E-state index contributed by atoms with van der Waals surface area (Å²) in [6, 6.07) is 5.18. The van der Waals surface area contributed by atoms with Crippen molar-refractivity contribution in [2.45, 2.75) is 91.9 Å². The quantitative estimate of drug-likeness (QED) is 0.0632. The standard InChI is InChI=1S/C21H29NO6S.C15H30O5/c1-14(23)8-16-10-17(9-15(2)24)12-18(11-16)22-20(26)28-6-7-29-13-21(3,4)19(25)27-5;1-17-11-7-3-5-9-13-19-15(16)20-14-10-6-4-8-12-18-2/h10-12H,6-9,13H2,1-5H3,(H,22,26);3-14H2,1-2H3. The van der Waals surface area contributed by atoms with Gasteiger partial charge in [-0.25, -0.2) is 9.59 Å². The number of carbonyl (C=O) groups excluding carboxylic acids is 5. The summed E-state index contributed by atoms with van der Waals surface area (Å²) in [5.41, 5.74) is 1.33. The Morgan fingerprint density at radius 1 is 0.653 bits per heavy atom. The number of benzene rings is 1. The summed E-state index contributed by atoms with van der Waals surface area (Å²) in [5.74, 6) is 0.784. The Labute approximate surface area is 297 Å². The summed E-state index contributed by atoms with van der Waals surface area (Å²) in [4.78, 5) is 57.7. The molecule has 1 aromatic carbocycles. The number of hydrogen-bond acceptors (Lipinski definition) is 12. The zero-order chi connectivity index (χ0) is 36.9. The first-order valence-electron chi connectivity index (χ1n) is 16.8. The molecule has 0 saturated heterocycles. The Hall–Kier alpha value is -3.16. The second kappa shape index (κ2) is 28.7. The summed E-state index contributed by atoms with van der Waals surface area (Å²) in [7, 11) is 4.77. The summed E-state index contributed by atoms with van der Waals surface area (Å²) in [6.07, 6.45) is 7.49. The van der Waals surface area contributed by atoms with Gasteiger partial charge in [-0.3, -0.25) is 19.7 Å². The van der Waals surface area contributed by atoms with Crippen LogP contribution in [0.15, 0.2) is 18.2 Å². The van der Waals surface area contributed by atoms with Crippen molar-refractivity contribution in [3.63, 3.8) is 0 Å². The van der Waals surface area contributed by atoms with Crippen LogP contribution in [0.5, 0.6) is 0 Å². The van der Waals surface area contributed by atoms with Gasteiger partial charge in [0.2, 0.25) is 0 Å². The first kappa shape index (κ1) is 45.8. The van der Waals surface area contributed by atoms with E-state index in [1.807, 2.05) is 0 Å². The molecule has 49 heavy (non-hydrogen) atoms. The molecular formula is C36H59NO11S. The highest BCUT2D eigenvalue weighted by Crippen LogP contribution is 2.23. The normalized spacial score (nSPS) is 10.8. The van der Waals surface area contributed by atoms with E-state index >= 15 is 0 Å². The van der Waals surface area contributed by atoms with E-state index in [0.29, 0.717) is 30.4 Å². The van der Waals surface area contributed by atoms with Gasteiger partial charge in [0, 0.05) is 57.5 Å². The number of rotatable bonds is 25. The second-order valence-electron chi connectivity index (χ2n) is 12.2. The predicted molar refractivity (Wildman–Crippen MR) is 191 cm³/mol. The number of amides is 1. The molecule has 0 aromatic heterocycles. The highest BCUT2D eigenvalue weighted by molar-refractivity contribution is 7.99. The fourth-order valence-corrected chi connectivity index (χ4v) is 5.35. The Bertz CT molecular complexity index is 1060. The van der Waals surface area contributed by atoms with Gasteiger partial charge in [-0.1, -0.05) is 18.9 Å². The van der Waals surface area contributed by atoms with Gasteiger partial charge >= 0.3 is 18.2 Å². The molecule has 1 aromatic rings. The minimum absolute atomic E-state index is 0.00888. The largest absolute Gasteiger partial charge is 0.508 e. The molecule has 280 valence electrons. The first-order chi connectivity index (χ1) is 23.3. The number of nitrogens with one attached hydrogen (secondary N) is 1. The number of methoxy groups -OCH3 is 3. The van der Waals surface area contributed by atoms with Crippen molar-refractivity contribution < 1.29 is 52.4 Å². The first-order valence-corrected chi connectivity index (χ1v) is 18.0. The van der Waals surface area contributed by atoms with E-state index in [-0.39, 0.29) is 37.0 Å². The van der Waals surface area contributed by atoms with Crippen LogP contribution in [0.25, 0.3) is 0 Å². The average Bonchev–Trinajstić information content (AvgIpc) is 3.02. The van der Waals surface area contributed by atoms with Crippen molar-refractivity contribution in [2.24, 2.45) is 5.41 Å². The van der Waals surface area contributed by atoms with Crippen LogP contribution in [-0.2, 0) is 55.6 Å². The fraction of sp³-hybridized carbons (Fsp3) is 0.694. The zero-order valence-electron chi connectivity index (χ0n) is 30.7. The maximum atomic E-state index is 12.0. The third-order valence-electron chi connectivity index (χ3n) is 6.79. The number of hydrogen-bond donors (Lipinski definition) is 1. The lowest BCUT2D eigenvalue weighted by molar-refractivity contribution is -0.149. The van der Waals surface area contributed by atoms with Crippen molar-refractivity contribution in [1.29, 1.82) is 0 Å². The van der Waals surface area contributed by atoms with Gasteiger partial charge in [0.15, 0.2) is 0 Å². The van der Waals surface area contributed by atoms with Gasteiger partial charge in [-0.2, -0.15) is 11.8 Å². The molecule has 0 radical (unpaired) electrons. The van der Waals surface area contributed by atoms with Crippen LogP contribution < -0.4 is 5.32 Å². The maximum Gasteiger partial charge on any atom is 0.508 e. The summed E-state index contributed by atoms with van der Waals surface area (Å²) in [6.45, 7) is 9.23. The molecule has 0 unspecified atom stereocenters. The van der Waals surface area contributed by atoms with E-state index < -0.39 is 17.7 Å². The lowest BCUT2D eigenvalue weighted by atomic mass is 9.97. The molecular weight excluding hydrogens is 654 g/mol. The van der Waals surface area contributed by atoms with E-state index in [0.717, 1.165) is 75.7 Å². The molecule has 0 spiro atoms. The van der Waals surface area contributed by atoms with E-state index in [9.17, 15) is 24.0 Å².